The maximum Gasteiger partial charge on any atom is 0.120 e. The highest BCUT2D eigenvalue weighted by molar-refractivity contribution is 6.42. The molecule has 2 aromatic rings. The van der Waals surface area contributed by atoms with Crippen LogP contribution in [0.2, 0.25) is 10.0 Å². The Morgan fingerprint density at radius 3 is 2.64 bits per heavy atom. The first-order chi connectivity index (χ1) is 10.7. The number of aliphatic hydroxyl groups is 1. The molecule has 0 bridgehead atoms. The Bertz CT molecular complexity index is 605. The lowest BCUT2D eigenvalue weighted by Crippen LogP contribution is -2.15. The lowest BCUT2D eigenvalue weighted by Gasteiger charge is -2.09. The molecular weight excluding hydrogens is 321 g/mol. The minimum absolute atomic E-state index is 0.208. The summed E-state index contributed by atoms with van der Waals surface area (Å²) >= 11 is 11.9. The minimum atomic E-state index is 0.208. The van der Waals surface area contributed by atoms with Gasteiger partial charge in [0.05, 0.1) is 10.0 Å². The fourth-order valence-corrected chi connectivity index (χ4v) is 2.30. The molecule has 5 heteroatoms. The molecular formula is C17H19Cl2NO2. The summed E-state index contributed by atoms with van der Waals surface area (Å²) in [5.74, 6) is 0.813. The van der Waals surface area contributed by atoms with E-state index in [0.29, 0.717) is 16.7 Å². The van der Waals surface area contributed by atoms with E-state index in [2.05, 4.69) is 5.32 Å². The van der Waals surface area contributed by atoms with Gasteiger partial charge in [0.2, 0.25) is 0 Å². The van der Waals surface area contributed by atoms with Crippen molar-refractivity contribution in [1.29, 1.82) is 0 Å². The van der Waals surface area contributed by atoms with Crippen molar-refractivity contribution in [3.8, 4) is 5.75 Å². The highest BCUT2D eigenvalue weighted by atomic mass is 35.5. The maximum atomic E-state index is 8.74. The molecule has 0 aliphatic rings. The number of rotatable bonds is 8. The van der Waals surface area contributed by atoms with E-state index >= 15 is 0 Å². The van der Waals surface area contributed by atoms with E-state index in [1.807, 2.05) is 36.4 Å². The molecule has 0 atom stereocenters. The lowest BCUT2D eigenvalue weighted by atomic mass is 10.2. The first kappa shape index (κ1) is 17.1. The van der Waals surface area contributed by atoms with Gasteiger partial charge in [-0.25, -0.2) is 0 Å². The van der Waals surface area contributed by atoms with E-state index < -0.39 is 0 Å². The van der Waals surface area contributed by atoms with E-state index in [0.717, 1.165) is 36.4 Å². The molecule has 0 unspecified atom stereocenters. The molecule has 0 aliphatic carbocycles. The predicted octanol–water partition coefficient (Wildman–Crippen LogP) is 4.04. The van der Waals surface area contributed by atoms with Crippen molar-refractivity contribution in [1.82, 2.24) is 5.32 Å². The van der Waals surface area contributed by atoms with Crippen molar-refractivity contribution >= 4 is 23.2 Å². The van der Waals surface area contributed by atoms with Crippen LogP contribution in [0.5, 0.6) is 5.75 Å². The minimum Gasteiger partial charge on any atom is -0.489 e. The van der Waals surface area contributed by atoms with Crippen molar-refractivity contribution in [2.24, 2.45) is 0 Å². The zero-order valence-corrected chi connectivity index (χ0v) is 13.7. The summed E-state index contributed by atoms with van der Waals surface area (Å²) in [7, 11) is 0. The zero-order chi connectivity index (χ0) is 15.8. The Morgan fingerprint density at radius 1 is 1.00 bits per heavy atom. The molecule has 0 amide bonds. The summed E-state index contributed by atoms with van der Waals surface area (Å²) in [5, 5.41) is 13.1. The standard InChI is InChI=1S/C17H19Cl2NO2/c18-16-6-5-14(10-17(16)19)12-22-15-4-1-3-13(9-15)11-20-7-2-8-21/h1,3-6,9-10,20-21H,2,7-8,11-12H2. The zero-order valence-electron chi connectivity index (χ0n) is 12.2. The summed E-state index contributed by atoms with van der Waals surface area (Å²) in [6, 6.07) is 13.4. The average Bonchev–Trinajstić information content (AvgIpc) is 2.53. The molecule has 0 saturated heterocycles. The van der Waals surface area contributed by atoms with E-state index in [1.54, 1.807) is 6.07 Å². The molecule has 22 heavy (non-hydrogen) atoms. The lowest BCUT2D eigenvalue weighted by molar-refractivity contribution is 0.286. The number of benzene rings is 2. The Kier molecular flexibility index (Phi) is 7.00. The number of aliphatic hydroxyl groups excluding tert-OH is 1. The fourth-order valence-electron chi connectivity index (χ4n) is 1.98. The van der Waals surface area contributed by atoms with Gasteiger partial charge in [-0.2, -0.15) is 0 Å². The van der Waals surface area contributed by atoms with Crippen LogP contribution in [0.3, 0.4) is 0 Å². The SMILES string of the molecule is OCCCNCc1cccc(OCc2ccc(Cl)c(Cl)c2)c1. The molecule has 0 fully saturated rings. The van der Waals surface area contributed by atoms with Gasteiger partial charge in [-0.1, -0.05) is 41.4 Å². The molecule has 2 N–H and O–H groups in total. The van der Waals surface area contributed by atoms with Crippen LogP contribution in [0.1, 0.15) is 17.5 Å². The van der Waals surface area contributed by atoms with Gasteiger partial charge in [-0.05, 0) is 48.4 Å². The van der Waals surface area contributed by atoms with Crippen LogP contribution in [0.4, 0.5) is 0 Å². The summed E-state index contributed by atoms with van der Waals surface area (Å²) in [4.78, 5) is 0. The van der Waals surface area contributed by atoms with E-state index in [9.17, 15) is 0 Å². The number of nitrogens with one attached hydrogen (secondary N) is 1. The topological polar surface area (TPSA) is 41.5 Å². The number of ether oxygens (including phenoxy) is 1. The van der Waals surface area contributed by atoms with Crippen molar-refractivity contribution in [2.75, 3.05) is 13.2 Å². The maximum absolute atomic E-state index is 8.74. The van der Waals surface area contributed by atoms with Crippen LogP contribution in [-0.4, -0.2) is 18.3 Å². The van der Waals surface area contributed by atoms with Crippen molar-refractivity contribution in [2.45, 2.75) is 19.6 Å². The smallest absolute Gasteiger partial charge is 0.120 e. The molecule has 0 spiro atoms. The van der Waals surface area contributed by atoms with Gasteiger partial charge in [-0.3, -0.25) is 0 Å². The number of hydrogen-bond donors (Lipinski definition) is 2. The van der Waals surface area contributed by atoms with Gasteiger partial charge in [-0.15, -0.1) is 0 Å². The summed E-state index contributed by atoms with van der Waals surface area (Å²) in [6.07, 6.45) is 0.757. The van der Waals surface area contributed by atoms with Crippen LogP contribution < -0.4 is 10.1 Å². The Morgan fingerprint density at radius 2 is 1.86 bits per heavy atom. The third-order valence-corrected chi connectivity index (χ3v) is 3.87. The molecule has 0 aliphatic heterocycles. The molecule has 0 aromatic heterocycles. The van der Waals surface area contributed by atoms with Gasteiger partial charge in [0.15, 0.2) is 0 Å². The van der Waals surface area contributed by atoms with Crippen molar-refractivity contribution < 1.29 is 9.84 Å². The molecule has 0 saturated carbocycles. The first-order valence-electron chi connectivity index (χ1n) is 7.16. The monoisotopic (exact) mass is 339 g/mol. The molecule has 118 valence electrons. The Balaban J connectivity index is 1.88. The first-order valence-corrected chi connectivity index (χ1v) is 7.92. The van der Waals surface area contributed by atoms with Gasteiger partial charge < -0.3 is 15.2 Å². The summed E-state index contributed by atoms with van der Waals surface area (Å²) in [5.41, 5.74) is 2.12. The molecule has 0 heterocycles. The van der Waals surface area contributed by atoms with Crippen molar-refractivity contribution in [3.63, 3.8) is 0 Å². The molecule has 2 aromatic carbocycles. The summed E-state index contributed by atoms with van der Waals surface area (Å²) in [6.45, 7) is 2.20. The molecule has 0 radical (unpaired) electrons. The second kappa shape index (κ2) is 9.01. The second-order valence-corrected chi connectivity index (χ2v) is 5.75. The van der Waals surface area contributed by atoms with Crippen LogP contribution in [0.25, 0.3) is 0 Å². The van der Waals surface area contributed by atoms with E-state index in [1.165, 1.54) is 0 Å². The van der Waals surface area contributed by atoms with Gasteiger partial charge in [0.1, 0.15) is 12.4 Å². The van der Waals surface area contributed by atoms with Gasteiger partial charge >= 0.3 is 0 Å². The summed E-state index contributed by atoms with van der Waals surface area (Å²) < 4.78 is 5.79. The largest absolute Gasteiger partial charge is 0.489 e. The van der Waals surface area contributed by atoms with E-state index in [-0.39, 0.29) is 6.61 Å². The fraction of sp³-hybridized carbons (Fsp3) is 0.294. The number of hydrogen-bond acceptors (Lipinski definition) is 3. The second-order valence-electron chi connectivity index (χ2n) is 4.94. The quantitative estimate of drug-likeness (QED) is 0.713. The van der Waals surface area contributed by atoms with Gasteiger partial charge in [0.25, 0.3) is 0 Å². The highest BCUT2D eigenvalue weighted by Gasteiger charge is 2.02. The van der Waals surface area contributed by atoms with Crippen molar-refractivity contribution in [3.05, 3.63) is 63.6 Å². The molecule has 3 nitrogen and oxygen atoms in total. The highest BCUT2D eigenvalue weighted by Crippen LogP contribution is 2.23. The normalized spacial score (nSPS) is 10.7. The Hall–Kier alpha value is -1.26. The third-order valence-electron chi connectivity index (χ3n) is 3.13. The predicted molar refractivity (Wildman–Crippen MR) is 90.6 cm³/mol. The third kappa shape index (κ3) is 5.50. The van der Waals surface area contributed by atoms with Crippen LogP contribution in [0, 0.1) is 0 Å². The Labute approximate surface area is 140 Å². The van der Waals surface area contributed by atoms with Crippen LogP contribution in [0.15, 0.2) is 42.5 Å². The van der Waals surface area contributed by atoms with Crippen LogP contribution >= 0.6 is 23.2 Å². The van der Waals surface area contributed by atoms with Gasteiger partial charge in [0, 0.05) is 13.2 Å². The van der Waals surface area contributed by atoms with E-state index in [4.69, 9.17) is 33.0 Å². The van der Waals surface area contributed by atoms with Crippen LogP contribution in [-0.2, 0) is 13.2 Å². The molecule has 2 rings (SSSR count). The number of halogens is 2. The average molecular weight is 340 g/mol.